The molecule has 3 aromatic rings. The number of hydrogen-bond acceptors (Lipinski definition) is 6. The largest absolute Gasteiger partial charge is 0.457 e. The number of Topliss-reactive ketones (excluding diaryl/α,β-unsaturated/α-hetero) is 1. The number of esters is 1. The molecular formula is C22H22FNO6S. The van der Waals surface area contributed by atoms with Crippen LogP contribution in [0.25, 0.3) is 11.0 Å². The zero-order chi connectivity index (χ0) is 22.6. The van der Waals surface area contributed by atoms with E-state index in [2.05, 4.69) is 0 Å². The van der Waals surface area contributed by atoms with Gasteiger partial charge in [-0.05, 0) is 43.7 Å². The third kappa shape index (κ3) is 5.18. The smallest absolute Gasteiger partial charge is 0.306 e. The number of carbonyl (C=O) groups excluding carboxylic acids is 2. The lowest BCUT2D eigenvalue weighted by atomic mass is 10.1. The number of rotatable bonds is 9. The zero-order valence-corrected chi connectivity index (χ0v) is 17.9. The molecule has 164 valence electrons. The van der Waals surface area contributed by atoms with Crippen molar-refractivity contribution in [2.24, 2.45) is 0 Å². The first-order valence-corrected chi connectivity index (χ1v) is 11.0. The molecule has 0 aliphatic rings. The van der Waals surface area contributed by atoms with Crippen LogP contribution in [0.3, 0.4) is 0 Å². The molecule has 0 unspecified atom stereocenters. The highest BCUT2D eigenvalue weighted by Gasteiger charge is 2.22. The van der Waals surface area contributed by atoms with E-state index in [1.165, 1.54) is 19.2 Å². The number of furan rings is 1. The summed E-state index contributed by atoms with van der Waals surface area (Å²) in [5.74, 6) is -1.44. The Bertz CT molecular complexity index is 1200. The molecule has 0 atom stereocenters. The SMILES string of the molecule is Cc1c(C(=O)COC(=O)CCCN(C)S(=O)(=O)c2ccc(F)cc2)oc2ccccc12. The topological polar surface area (TPSA) is 93.9 Å². The van der Waals surface area contributed by atoms with Gasteiger partial charge in [-0.2, -0.15) is 0 Å². The highest BCUT2D eigenvalue weighted by molar-refractivity contribution is 7.89. The minimum absolute atomic E-state index is 0.0363. The first kappa shape index (κ1) is 22.6. The maximum atomic E-state index is 13.0. The van der Waals surface area contributed by atoms with Gasteiger partial charge in [-0.25, -0.2) is 17.1 Å². The van der Waals surface area contributed by atoms with Crippen molar-refractivity contribution in [3.8, 4) is 0 Å². The first-order valence-electron chi connectivity index (χ1n) is 9.59. The number of ether oxygens (including phenoxy) is 1. The van der Waals surface area contributed by atoms with Crippen LogP contribution in [-0.4, -0.2) is 44.7 Å². The number of ketones is 1. The van der Waals surface area contributed by atoms with Gasteiger partial charge in [0, 0.05) is 31.0 Å². The maximum Gasteiger partial charge on any atom is 0.306 e. The van der Waals surface area contributed by atoms with Crippen LogP contribution < -0.4 is 0 Å². The Morgan fingerprint density at radius 3 is 2.45 bits per heavy atom. The van der Waals surface area contributed by atoms with Crippen LogP contribution in [-0.2, 0) is 19.6 Å². The molecule has 2 aromatic carbocycles. The number of carbonyl (C=O) groups is 2. The average Bonchev–Trinajstić information content (AvgIpc) is 3.09. The average molecular weight is 447 g/mol. The maximum absolute atomic E-state index is 13.0. The Labute approximate surface area is 179 Å². The fraction of sp³-hybridized carbons (Fsp3) is 0.273. The predicted octanol–water partition coefficient (Wildman–Crippen LogP) is 3.71. The van der Waals surface area contributed by atoms with E-state index in [1.807, 2.05) is 12.1 Å². The molecule has 0 N–H and O–H groups in total. The fourth-order valence-electron chi connectivity index (χ4n) is 3.08. The number of sulfonamides is 1. The molecule has 0 saturated heterocycles. The zero-order valence-electron chi connectivity index (χ0n) is 17.1. The Morgan fingerprint density at radius 2 is 1.77 bits per heavy atom. The number of nitrogens with zero attached hydrogens (tertiary/aromatic N) is 1. The van der Waals surface area contributed by atoms with Gasteiger partial charge >= 0.3 is 5.97 Å². The summed E-state index contributed by atoms with van der Waals surface area (Å²) in [6.07, 6.45) is 0.142. The Kier molecular flexibility index (Phi) is 6.87. The summed E-state index contributed by atoms with van der Waals surface area (Å²) >= 11 is 0. The van der Waals surface area contributed by atoms with Crippen LogP contribution in [0.15, 0.2) is 57.8 Å². The van der Waals surface area contributed by atoms with Crippen molar-refractivity contribution in [3.05, 3.63) is 65.7 Å². The molecule has 9 heteroatoms. The number of aryl methyl sites for hydroxylation is 1. The van der Waals surface area contributed by atoms with Gasteiger partial charge in [-0.1, -0.05) is 18.2 Å². The van der Waals surface area contributed by atoms with Crippen molar-refractivity contribution in [2.45, 2.75) is 24.7 Å². The van der Waals surface area contributed by atoms with Crippen LogP contribution in [0, 0.1) is 12.7 Å². The molecule has 0 amide bonds. The normalized spacial score (nSPS) is 11.7. The summed E-state index contributed by atoms with van der Waals surface area (Å²) in [6, 6.07) is 11.7. The van der Waals surface area contributed by atoms with Gasteiger partial charge in [0.1, 0.15) is 11.4 Å². The van der Waals surface area contributed by atoms with Gasteiger partial charge in [-0.15, -0.1) is 0 Å². The molecule has 0 aliphatic heterocycles. The second-order valence-corrected chi connectivity index (χ2v) is 9.07. The number of benzene rings is 2. The van der Waals surface area contributed by atoms with E-state index in [9.17, 15) is 22.4 Å². The summed E-state index contributed by atoms with van der Waals surface area (Å²) in [5.41, 5.74) is 1.27. The molecule has 0 fully saturated rings. The minimum atomic E-state index is -3.79. The van der Waals surface area contributed by atoms with Crippen LogP contribution >= 0.6 is 0 Å². The molecule has 0 bridgehead atoms. The summed E-state index contributed by atoms with van der Waals surface area (Å²) < 4.78 is 49.5. The quantitative estimate of drug-likeness (QED) is 0.367. The van der Waals surface area contributed by atoms with Gasteiger partial charge in [0.2, 0.25) is 15.8 Å². The number of fused-ring (bicyclic) bond motifs is 1. The number of halogens is 1. The second kappa shape index (κ2) is 9.40. The highest BCUT2D eigenvalue weighted by atomic mass is 32.2. The van der Waals surface area contributed by atoms with Crippen molar-refractivity contribution >= 4 is 32.7 Å². The van der Waals surface area contributed by atoms with Crippen molar-refractivity contribution < 1.29 is 31.6 Å². The van der Waals surface area contributed by atoms with E-state index in [0.717, 1.165) is 21.8 Å². The fourth-order valence-corrected chi connectivity index (χ4v) is 4.29. The Balaban J connectivity index is 1.48. The predicted molar refractivity (Wildman–Crippen MR) is 112 cm³/mol. The molecule has 3 rings (SSSR count). The van der Waals surface area contributed by atoms with E-state index < -0.39 is 34.2 Å². The first-order chi connectivity index (χ1) is 14.7. The van der Waals surface area contributed by atoms with Gasteiger partial charge in [0.05, 0.1) is 4.90 Å². The third-order valence-corrected chi connectivity index (χ3v) is 6.71. The summed E-state index contributed by atoms with van der Waals surface area (Å²) in [5, 5.41) is 0.822. The van der Waals surface area contributed by atoms with Crippen LogP contribution in [0.5, 0.6) is 0 Å². The van der Waals surface area contributed by atoms with E-state index in [-0.39, 0.29) is 30.0 Å². The van der Waals surface area contributed by atoms with Crippen LogP contribution in [0.2, 0.25) is 0 Å². The van der Waals surface area contributed by atoms with E-state index in [1.54, 1.807) is 19.1 Å². The third-order valence-electron chi connectivity index (χ3n) is 4.84. The summed E-state index contributed by atoms with van der Waals surface area (Å²) in [7, 11) is -2.41. The van der Waals surface area contributed by atoms with Gasteiger partial charge < -0.3 is 9.15 Å². The van der Waals surface area contributed by atoms with Crippen LogP contribution in [0.1, 0.15) is 29.0 Å². The van der Waals surface area contributed by atoms with Crippen LogP contribution in [0.4, 0.5) is 4.39 Å². The van der Waals surface area contributed by atoms with Crippen molar-refractivity contribution in [1.29, 1.82) is 0 Å². The molecule has 7 nitrogen and oxygen atoms in total. The van der Waals surface area contributed by atoms with Crippen molar-refractivity contribution in [1.82, 2.24) is 4.31 Å². The minimum Gasteiger partial charge on any atom is -0.457 e. The van der Waals surface area contributed by atoms with Gasteiger partial charge in [-0.3, -0.25) is 9.59 Å². The van der Waals surface area contributed by atoms with E-state index >= 15 is 0 Å². The molecule has 0 aliphatic carbocycles. The highest BCUT2D eigenvalue weighted by Crippen LogP contribution is 2.25. The molecule has 0 saturated carbocycles. The Hall–Kier alpha value is -3.04. The monoisotopic (exact) mass is 447 g/mol. The molecule has 1 aromatic heterocycles. The van der Waals surface area contributed by atoms with Gasteiger partial charge in [0.15, 0.2) is 12.4 Å². The lowest BCUT2D eigenvalue weighted by Crippen LogP contribution is -2.28. The van der Waals surface area contributed by atoms with Crippen molar-refractivity contribution in [2.75, 3.05) is 20.2 Å². The standard InChI is InChI=1S/C22H22FNO6S/c1-15-18-6-3-4-7-20(18)30-22(15)19(25)14-29-21(26)8-5-13-24(2)31(27,28)17-11-9-16(23)10-12-17/h3-4,6-7,9-12H,5,8,13-14H2,1-2H3. The Morgan fingerprint density at radius 1 is 1.10 bits per heavy atom. The summed E-state index contributed by atoms with van der Waals surface area (Å²) in [6.45, 7) is 1.37. The second-order valence-electron chi connectivity index (χ2n) is 7.02. The molecule has 31 heavy (non-hydrogen) atoms. The number of hydrogen-bond donors (Lipinski definition) is 0. The lowest BCUT2D eigenvalue weighted by Gasteiger charge is -2.16. The van der Waals surface area contributed by atoms with E-state index in [4.69, 9.17) is 9.15 Å². The molecular weight excluding hydrogens is 425 g/mol. The molecule has 0 radical (unpaired) electrons. The lowest BCUT2D eigenvalue weighted by molar-refractivity contribution is -0.142. The molecule has 1 heterocycles. The summed E-state index contributed by atoms with van der Waals surface area (Å²) in [4.78, 5) is 24.3. The van der Waals surface area contributed by atoms with E-state index in [0.29, 0.717) is 11.1 Å². The molecule has 0 spiro atoms. The van der Waals surface area contributed by atoms with Crippen molar-refractivity contribution in [3.63, 3.8) is 0 Å². The van der Waals surface area contributed by atoms with Gasteiger partial charge in [0.25, 0.3) is 0 Å². The number of para-hydroxylation sites is 1.